The molecule has 1 heterocycles. The maximum absolute atomic E-state index is 10.3. The summed E-state index contributed by atoms with van der Waals surface area (Å²) in [6.45, 7) is 4.34. The smallest absolute Gasteiger partial charge is 0.181 e. The summed E-state index contributed by atoms with van der Waals surface area (Å²) in [5.41, 5.74) is 0.828. The molecule has 6 heteroatoms. The highest BCUT2D eigenvalue weighted by Crippen LogP contribution is 2.24. The standard InChI is InChI=1S/C15H20ClN3O2/c1-10(2)9-13(21)15-17-14(18-19(15)7-8-20)11-3-5-12(16)6-4-11/h3-6,10,13,20-21H,7-9H2,1-2H3. The summed E-state index contributed by atoms with van der Waals surface area (Å²) >= 11 is 5.87. The first-order valence-corrected chi connectivity index (χ1v) is 7.38. The van der Waals surface area contributed by atoms with Gasteiger partial charge in [0.05, 0.1) is 13.2 Å². The van der Waals surface area contributed by atoms with Gasteiger partial charge in [-0.3, -0.25) is 0 Å². The highest BCUT2D eigenvalue weighted by molar-refractivity contribution is 6.30. The minimum atomic E-state index is -0.690. The zero-order chi connectivity index (χ0) is 15.4. The number of aliphatic hydroxyl groups is 2. The molecule has 0 spiro atoms. The van der Waals surface area contributed by atoms with E-state index in [-0.39, 0.29) is 6.61 Å². The van der Waals surface area contributed by atoms with Crippen molar-refractivity contribution in [3.8, 4) is 11.4 Å². The molecule has 0 amide bonds. The van der Waals surface area contributed by atoms with E-state index in [1.807, 2.05) is 26.0 Å². The van der Waals surface area contributed by atoms with Crippen LogP contribution in [0.4, 0.5) is 0 Å². The van der Waals surface area contributed by atoms with Gasteiger partial charge in [0.25, 0.3) is 0 Å². The van der Waals surface area contributed by atoms with E-state index >= 15 is 0 Å². The van der Waals surface area contributed by atoms with E-state index in [0.29, 0.717) is 35.6 Å². The third-order valence-corrected chi connectivity index (χ3v) is 3.36. The summed E-state index contributed by atoms with van der Waals surface area (Å²) in [5, 5.41) is 24.4. The van der Waals surface area contributed by atoms with Crippen molar-refractivity contribution in [2.24, 2.45) is 5.92 Å². The van der Waals surface area contributed by atoms with Crippen LogP contribution in [0.1, 0.15) is 32.2 Å². The minimum Gasteiger partial charge on any atom is -0.394 e. The predicted octanol–water partition coefficient (Wildman–Crippen LogP) is 2.67. The van der Waals surface area contributed by atoms with E-state index in [9.17, 15) is 5.11 Å². The van der Waals surface area contributed by atoms with Gasteiger partial charge in [-0.25, -0.2) is 9.67 Å². The summed E-state index contributed by atoms with van der Waals surface area (Å²) in [4.78, 5) is 4.43. The Morgan fingerprint density at radius 3 is 2.48 bits per heavy atom. The van der Waals surface area contributed by atoms with Gasteiger partial charge in [-0.1, -0.05) is 25.4 Å². The number of hydrogen-bond acceptors (Lipinski definition) is 4. The molecule has 0 radical (unpaired) electrons. The van der Waals surface area contributed by atoms with E-state index in [4.69, 9.17) is 16.7 Å². The molecule has 0 fully saturated rings. The number of hydrogen-bond donors (Lipinski definition) is 2. The molecule has 2 N–H and O–H groups in total. The topological polar surface area (TPSA) is 71.2 Å². The van der Waals surface area contributed by atoms with Crippen molar-refractivity contribution in [3.63, 3.8) is 0 Å². The summed E-state index contributed by atoms with van der Waals surface area (Å²) in [6, 6.07) is 7.21. The molecular weight excluding hydrogens is 290 g/mol. The third kappa shape index (κ3) is 4.03. The third-order valence-electron chi connectivity index (χ3n) is 3.11. The number of nitrogens with zero attached hydrogens (tertiary/aromatic N) is 3. The van der Waals surface area contributed by atoms with Crippen molar-refractivity contribution in [3.05, 3.63) is 35.1 Å². The van der Waals surface area contributed by atoms with Gasteiger partial charge in [0, 0.05) is 10.6 Å². The highest BCUT2D eigenvalue weighted by Gasteiger charge is 2.19. The van der Waals surface area contributed by atoms with Gasteiger partial charge < -0.3 is 10.2 Å². The molecule has 2 aromatic rings. The first-order chi connectivity index (χ1) is 10.0. The monoisotopic (exact) mass is 309 g/mol. The Morgan fingerprint density at radius 2 is 1.90 bits per heavy atom. The zero-order valence-corrected chi connectivity index (χ0v) is 13.0. The van der Waals surface area contributed by atoms with E-state index in [1.165, 1.54) is 0 Å². The van der Waals surface area contributed by atoms with Crippen molar-refractivity contribution < 1.29 is 10.2 Å². The fraction of sp³-hybridized carbons (Fsp3) is 0.467. The predicted molar refractivity (Wildman–Crippen MR) is 82.0 cm³/mol. The van der Waals surface area contributed by atoms with Gasteiger partial charge in [-0.05, 0) is 36.6 Å². The Kier molecular flexibility index (Phi) is 5.33. The Morgan fingerprint density at radius 1 is 1.24 bits per heavy atom. The minimum absolute atomic E-state index is 0.0508. The van der Waals surface area contributed by atoms with E-state index in [1.54, 1.807) is 16.8 Å². The molecule has 0 aliphatic carbocycles. The first-order valence-electron chi connectivity index (χ1n) is 7.01. The molecule has 0 saturated carbocycles. The van der Waals surface area contributed by atoms with Crippen molar-refractivity contribution in [1.82, 2.24) is 14.8 Å². The fourth-order valence-electron chi connectivity index (χ4n) is 2.13. The van der Waals surface area contributed by atoms with Crippen LogP contribution in [0.25, 0.3) is 11.4 Å². The molecule has 0 aliphatic rings. The number of aliphatic hydroxyl groups excluding tert-OH is 2. The van der Waals surface area contributed by atoms with Crippen LogP contribution < -0.4 is 0 Å². The van der Waals surface area contributed by atoms with Gasteiger partial charge in [-0.2, -0.15) is 5.10 Å². The van der Waals surface area contributed by atoms with Crippen LogP contribution in [0.5, 0.6) is 0 Å². The average molecular weight is 310 g/mol. The fourth-order valence-corrected chi connectivity index (χ4v) is 2.26. The lowest BCUT2D eigenvalue weighted by atomic mass is 10.1. The molecule has 1 aromatic carbocycles. The molecule has 0 saturated heterocycles. The number of rotatable bonds is 6. The van der Waals surface area contributed by atoms with Crippen LogP contribution >= 0.6 is 11.6 Å². The number of aromatic nitrogens is 3. The van der Waals surface area contributed by atoms with E-state index in [0.717, 1.165) is 5.56 Å². The lowest BCUT2D eigenvalue weighted by Gasteiger charge is -2.12. The summed E-state index contributed by atoms with van der Waals surface area (Å²) < 4.78 is 1.57. The molecule has 1 unspecified atom stereocenters. The molecule has 0 aliphatic heterocycles. The van der Waals surface area contributed by atoms with Crippen molar-refractivity contribution >= 4 is 11.6 Å². The van der Waals surface area contributed by atoms with Gasteiger partial charge in [-0.15, -0.1) is 0 Å². The molecule has 114 valence electrons. The molecule has 1 atom stereocenters. The first kappa shape index (κ1) is 15.9. The van der Waals surface area contributed by atoms with Crippen LogP contribution in [0.3, 0.4) is 0 Å². The van der Waals surface area contributed by atoms with Gasteiger partial charge in [0.15, 0.2) is 11.6 Å². The van der Waals surface area contributed by atoms with Gasteiger partial charge >= 0.3 is 0 Å². The van der Waals surface area contributed by atoms with Gasteiger partial charge in [0.2, 0.25) is 0 Å². The summed E-state index contributed by atoms with van der Waals surface area (Å²) in [5.74, 6) is 1.36. The zero-order valence-electron chi connectivity index (χ0n) is 12.2. The normalized spacial score (nSPS) is 12.9. The second kappa shape index (κ2) is 7.02. The Bertz CT molecular complexity index is 581. The maximum atomic E-state index is 10.3. The molecule has 1 aromatic heterocycles. The SMILES string of the molecule is CC(C)CC(O)c1nc(-c2ccc(Cl)cc2)nn1CCO. The van der Waals surface area contributed by atoms with Crippen LogP contribution in [-0.2, 0) is 6.54 Å². The van der Waals surface area contributed by atoms with Crippen LogP contribution in [0.15, 0.2) is 24.3 Å². The van der Waals surface area contributed by atoms with E-state index < -0.39 is 6.10 Å². The van der Waals surface area contributed by atoms with Crippen molar-refractivity contribution in [2.45, 2.75) is 32.9 Å². The lowest BCUT2D eigenvalue weighted by molar-refractivity contribution is 0.133. The number of halogens is 1. The molecule has 21 heavy (non-hydrogen) atoms. The molecule has 2 rings (SSSR count). The van der Waals surface area contributed by atoms with Crippen LogP contribution in [-0.4, -0.2) is 31.6 Å². The van der Waals surface area contributed by atoms with Crippen LogP contribution in [0, 0.1) is 5.92 Å². The van der Waals surface area contributed by atoms with Crippen LogP contribution in [0.2, 0.25) is 5.02 Å². The lowest BCUT2D eigenvalue weighted by Crippen LogP contribution is -2.13. The van der Waals surface area contributed by atoms with E-state index in [2.05, 4.69) is 10.1 Å². The number of benzene rings is 1. The second-order valence-corrected chi connectivity index (χ2v) is 5.83. The molecule has 5 nitrogen and oxygen atoms in total. The Hall–Kier alpha value is -1.43. The van der Waals surface area contributed by atoms with Crippen molar-refractivity contribution in [1.29, 1.82) is 0 Å². The van der Waals surface area contributed by atoms with Crippen molar-refractivity contribution in [2.75, 3.05) is 6.61 Å². The Balaban J connectivity index is 2.34. The highest BCUT2D eigenvalue weighted by atomic mass is 35.5. The molecule has 0 bridgehead atoms. The summed E-state index contributed by atoms with van der Waals surface area (Å²) in [6.07, 6.45) is -0.0884. The van der Waals surface area contributed by atoms with Gasteiger partial charge in [0.1, 0.15) is 6.10 Å². The largest absolute Gasteiger partial charge is 0.394 e. The average Bonchev–Trinajstić information content (AvgIpc) is 2.83. The second-order valence-electron chi connectivity index (χ2n) is 5.39. The summed E-state index contributed by atoms with van der Waals surface area (Å²) in [7, 11) is 0. The Labute approximate surface area is 129 Å². The maximum Gasteiger partial charge on any atom is 0.181 e. The quantitative estimate of drug-likeness (QED) is 0.860. The molecular formula is C15H20ClN3O2.